The summed E-state index contributed by atoms with van der Waals surface area (Å²) in [6.07, 6.45) is -10.4. The van der Waals surface area contributed by atoms with E-state index in [9.17, 15) is 61.5 Å². The number of carbonyl (C=O) groups is 2. The molecular formula is C42H37ClF10N8O7S2. The summed E-state index contributed by atoms with van der Waals surface area (Å²) in [5.41, 5.74) is -5.69. The van der Waals surface area contributed by atoms with Crippen molar-refractivity contribution < 1.29 is 75.4 Å². The van der Waals surface area contributed by atoms with Crippen molar-refractivity contribution in [2.75, 3.05) is 29.9 Å². The summed E-state index contributed by atoms with van der Waals surface area (Å²) in [5, 5.41) is 19.8. The topological polar surface area (TPSA) is 207 Å². The van der Waals surface area contributed by atoms with E-state index >= 15 is 8.78 Å². The summed E-state index contributed by atoms with van der Waals surface area (Å²) in [7, 11) is -8.68. The van der Waals surface area contributed by atoms with Crippen LogP contribution in [0, 0.1) is 29.4 Å². The van der Waals surface area contributed by atoms with Crippen molar-refractivity contribution in [3.8, 4) is 23.0 Å². The number of sulfone groups is 1. The van der Waals surface area contributed by atoms with Gasteiger partial charge in [-0.15, -0.1) is 0 Å². The third-order valence-corrected chi connectivity index (χ3v) is 14.8. The van der Waals surface area contributed by atoms with Crippen molar-refractivity contribution in [2.45, 2.75) is 74.8 Å². The third-order valence-electron chi connectivity index (χ3n) is 11.3. The van der Waals surface area contributed by atoms with E-state index in [1.807, 2.05) is 4.72 Å². The lowest BCUT2D eigenvalue weighted by atomic mass is 9.93. The number of nitrogens with zero attached hydrogens (tertiary/aromatic N) is 5. The average molecular weight is 1060 g/mol. The first kappa shape index (κ1) is 51.9. The van der Waals surface area contributed by atoms with Crippen LogP contribution in [0.2, 0.25) is 5.02 Å². The van der Waals surface area contributed by atoms with Gasteiger partial charge in [-0.05, 0) is 74.4 Å². The van der Waals surface area contributed by atoms with E-state index in [4.69, 9.17) is 16.7 Å². The number of pyridine rings is 1. The second-order valence-electron chi connectivity index (χ2n) is 17.0. The van der Waals surface area contributed by atoms with Crippen LogP contribution in [-0.2, 0) is 61.1 Å². The predicted molar refractivity (Wildman–Crippen MR) is 230 cm³/mol. The van der Waals surface area contributed by atoms with Crippen LogP contribution >= 0.6 is 11.6 Å². The molecular weight excluding hydrogens is 1020 g/mol. The zero-order valence-corrected chi connectivity index (χ0v) is 38.7. The number of sulfonamides is 1. The van der Waals surface area contributed by atoms with Crippen LogP contribution in [0.1, 0.15) is 66.1 Å². The largest absolute Gasteiger partial charge is 0.435 e. The van der Waals surface area contributed by atoms with Crippen molar-refractivity contribution in [3.05, 3.63) is 93.0 Å². The fraction of sp³-hybridized carbons (Fsp3) is 0.405. The fourth-order valence-electron chi connectivity index (χ4n) is 7.95. The summed E-state index contributed by atoms with van der Waals surface area (Å²) in [6.45, 7) is -1.65. The lowest BCUT2D eigenvalue weighted by Gasteiger charge is -2.23. The quantitative estimate of drug-likeness (QED) is 0.0696. The van der Waals surface area contributed by atoms with Gasteiger partial charge in [-0.2, -0.15) is 45.3 Å². The Morgan fingerprint density at radius 1 is 0.957 bits per heavy atom. The number of anilines is 1. The highest BCUT2D eigenvalue weighted by Crippen LogP contribution is 2.68. The first-order chi connectivity index (χ1) is 32.3. The number of alkyl halides is 8. The first-order valence-electron chi connectivity index (χ1n) is 20.5. The van der Waals surface area contributed by atoms with Crippen molar-refractivity contribution in [2.24, 2.45) is 5.92 Å². The molecule has 7 rings (SSSR count). The van der Waals surface area contributed by atoms with Crippen LogP contribution < -0.4 is 15.4 Å². The van der Waals surface area contributed by atoms with Gasteiger partial charge in [0.15, 0.2) is 21.3 Å². The molecule has 0 spiro atoms. The van der Waals surface area contributed by atoms with Crippen LogP contribution in [0.25, 0.3) is 22.0 Å². The Labute approximate surface area is 395 Å². The Kier molecular flexibility index (Phi) is 13.6. The van der Waals surface area contributed by atoms with Gasteiger partial charge in [0.1, 0.15) is 46.6 Å². The van der Waals surface area contributed by atoms with Crippen molar-refractivity contribution in [1.82, 2.24) is 35.2 Å². The van der Waals surface area contributed by atoms with Crippen LogP contribution in [0.3, 0.4) is 0 Å². The molecule has 3 heterocycles. The molecule has 0 bridgehead atoms. The van der Waals surface area contributed by atoms with Gasteiger partial charge in [0.05, 0.1) is 34.3 Å². The minimum absolute atomic E-state index is 0.194. The molecule has 4 N–H and O–H groups in total. The molecule has 2 aliphatic rings. The maximum absolute atomic E-state index is 15.5. The van der Waals surface area contributed by atoms with E-state index in [0.29, 0.717) is 10.7 Å². The van der Waals surface area contributed by atoms with Gasteiger partial charge in [0.25, 0.3) is 5.92 Å². The maximum atomic E-state index is 15.5. The van der Waals surface area contributed by atoms with E-state index in [2.05, 4.69) is 37.7 Å². The molecule has 3 atom stereocenters. The lowest BCUT2D eigenvalue weighted by Crippen LogP contribution is -2.35. The van der Waals surface area contributed by atoms with Gasteiger partial charge >= 0.3 is 12.4 Å². The van der Waals surface area contributed by atoms with Crippen LogP contribution in [0.5, 0.6) is 0 Å². The number of fused-ring (bicyclic) bond motifs is 4. The molecule has 2 aliphatic carbocycles. The van der Waals surface area contributed by atoms with Gasteiger partial charge in [0.2, 0.25) is 21.8 Å². The Morgan fingerprint density at radius 2 is 1.61 bits per heavy atom. The first-order valence-corrected chi connectivity index (χ1v) is 24.4. The number of hydrogen-bond donors (Lipinski definition) is 4. The van der Waals surface area contributed by atoms with E-state index in [0.717, 1.165) is 42.7 Å². The minimum atomic E-state index is -5.22. The zero-order valence-electron chi connectivity index (χ0n) is 36.3. The van der Waals surface area contributed by atoms with Crippen molar-refractivity contribution in [1.29, 1.82) is 0 Å². The van der Waals surface area contributed by atoms with Gasteiger partial charge in [0, 0.05) is 41.5 Å². The van der Waals surface area contributed by atoms with Crippen LogP contribution in [-0.4, -0.2) is 94.4 Å². The Hall–Kier alpha value is -5.98. The zero-order chi connectivity index (χ0) is 51.7. The molecule has 28 heteroatoms. The predicted octanol–water partition coefficient (Wildman–Crippen LogP) is 6.14. The van der Waals surface area contributed by atoms with Gasteiger partial charge in [-0.25, -0.2) is 30.6 Å². The number of carbonyl (C=O) groups excluding carboxylic acids is 2. The molecule has 3 aromatic heterocycles. The van der Waals surface area contributed by atoms with E-state index in [1.165, 1.54) is 13.8 Å². The highest BCUT2D eigenvalue weighted by Gasteiger charge is 2.68. The molecule has 15 nitrogen and oxygen atoms in total. The second-order valence-corrected chi connectivity index (χ2v) is 21.7. The summed E-state index contributed by atoms with van der Waals surface area (Å²) >= 11 is 6.52. The standard InChI is InChI=1S/C42H37ClF10N8O7S2/c1-39(2,69(3,65)66)9-8-23-4-5-24(25-6-7-28(43)33-35(25)61(19-40(46,47)48)58-38(33)59-70(67,68)18-31(64)54-10-11-62)34(55-23)29(14-20-12-21(44)15-22(45)13-20)56-30(63)17-60-37-32(36(57-60)42(51,52)53)26-16-27(26)41(37,49)50/h4-7,12-13,15,26-27,29,62H,10-11,14,16-19H2,1-3H3,(H,54,64)(H,56,63)(H,58,59)/t26-,27+,29-/m0/s1. The highest BCUT2D eigenvalue weighted by molar-refractivity contribution is 7.93. The number of halogens is 11. The van der Waals surface area contributed by atoms with Gasteiger partial charge in [-0.3, -0.25) is 23.7 Å². The number of aliphatic hydroxyl groups is 1. The molecule has 2 aromatic carbocycles. The second kappa shape index (κ2) is 18.3. The number of benzene rings is 2. The van der Waals surface area contributed by atoms with Gasteiger partial charge in [-0.1, -0.05) is 23.6 Å². The van der Waals surface area contributed by atoms with E-state index in [-0.39, 0.29) is 40.0 Å². The highest BCUT2D eigenvalue weighted by atomic mass is 35.5. The molecule has 1 saturated carbocycles. The number of nitrogens with one attached hydrogen (secondary N) is 3. The molecule has 0 radical (unpaired) electrons. The Bertz CT molecular complexity index is 3220. The third kappa shape index (κ3) is 10.8. The van der Waals surface area contributed by atoms with E-state index in [1.54, 1.807) is 0 Å². The smallest absolute Gasteiger partial charge is 0.395 e. The Balaban J connectivity index is 1.44. The molecule has 0 aliphatic heterocycles. The maximum Gasteiger partial charge on any atom is 0.435 e. The van der Waals surface area contributed by atoms with Crippen LogP contribution in [0.15, 0.2) is 42.5 Å². The molecule has 0 saturated heterocycles. The normalized spacial score (nSPS) is 17.1. The molecule has 376 valence electrons. The number of amides is 2. The lowest BCUT2D eigenvalue weighted by molar-refractivity contribution is -0.142. The SMILES string of the molecule is CC(C)(C#Cc1ccc(-c2ccc(Cl)c3c(NS(=O)(=O)CC(=O)NCCO)nn(CC(F)(F)F)c23)c([C@H](Cc2cc(F)cc(F)c2)NC(=O)Cn2nc(C(F)(F)F)c3c2C(F)(F)[C@@H]2C[C@H]32)n1)S(C)(=O)=O. The number of rotatable bonds is 15. The average Bonchev–Trinajstić information content (AvgIpc) is 3.74. The summed E-state index contributed by atoms with van der Waals surface area (Å²) in [5.74, 6) is -8.27. The summed E-state index contributed by atoms with van der Waals surface area (Å²) < 4.78 is 198. The Morgan fingerprint density at radius 3 is 2.23 bits per heavy atom. The van der Waals surface area contributed by atoms with E-state index < -0.39 is 160 Å². The summed E-state index contributed by atoms with van der Waals surface area (Å²) in [4.78, 5) is 30.9. The molecule has 1 fully saturated rings. The van der Waals surface area contributed by atoms with Gasteiger partial charge < -0.3 is 15.7 Å². The number of hydrogen-bond acceptors (Lipinski definition) is 10. The summed E-state index contributed by atoms with van der Waals surface area (Å²) in [6, 6.07) is 4.87. The fourth-order valence-corrected chi connectivity index (χ4v) is 9.39. The van der Waals surface area contributed by atoms with Crippen molar-refractivity contribution >= 4 is 60.0 Å². The van der Waals surface area contributed by atoms with Crippen molar-refractivity contribution in [3.63, 3.8) is 0 Å². The molecule has 0 unspecified atom stereocenters. The molecule has 2 amide bonds. The monoisotopic (exact) mass is 1050 g/mol. The number of aromatic nitrogens is 5. The van der Waals surface area contributed by atoms with Crippen LogP contribution in [0.4, 0.5) is 49.7 Å². The minimum Gasteiger partial charge on any atom is -0.395 e. The number of aliphatic hydroxyl groups excluding tert-OH is 1. The molecule has 70 heavy (non-hydrogen) atoms. The molecule has 5 aromatic rings.